The van der Waals surface area contributed by atoms with Crippen LogP contribution in [-0.2, 0) is 4.79 Å². The van der Waals surface area contributed by atoms with E-state index in [1.165, 1.54) is 0 Å². The summed E-state index contributed by atoms with van der Waals surface area (Å²) < 4.78 is 5.60. The molecule has 0 saturated heterocycles. The van der Waals surface area contributed by atoms with E-state index in [9.17, 15) is 4.79 Å². The van der Waals surface area contributed by atoms with Crippen LogP contribution in [0.5, 0.6) is 5.75 Å². The molecule has 1 aliphatic heterocycles. The molecule has 0 spiro atoms. The molecular formula is C15H19BrClNO2. The van der Waals surface area contributed by atoms with Gasteiger partial charge in [0, 0.05) is 12.0 Å². The van der Waals surface area contributed by atoms with E-state index in [1.807, 2.05) is 32.9 Å². The number of hydrogen-bond acceptors (Lipinski definition) is 2. The average Bonchev–Trinajstić information content (AvgIpc) is 2.38. The molecule has 2 atom stereocenters. The third-order valence-corrected chi connectivity index (χ3v) is 5.42. The van der Waals surface area contributed by atoms with Crippen LogP contribution in [0.2, 0.25) is 5.02 Å². The molecule has 5 heteroatoms. The van der Waals surface area contributed by atoms with E-state index < -0.39 is 0 Å². The van der Waals surface area contributed by atoms with Gasteiger partial charge >= 0.3 is 0 Å². The van der Waals surface area contributed by atoms with E-state index in [1.54, 1.807) is 6.07 Å². The van der Waals surface area contributed by atoms with Gasteiger partial charge in [-0.15, -0.1) is 0 Å². The number of carbonyl (C=O) groups is 1. The fourth-order valence-corrected chi connectivity index (χ4v) is 2.54. The van der Waals surface area contributed by atoms with Crippen LogP contribution in [0.4, 0.5) is 0 Å². The molecule has 1 aliphatic rings. The molecule has 0 saturated carbocycles. The first-order valence-electron chi connectivity index (χ1n) is 6.66. The maximum absolute atomic E-state index is 12.3. The third kappa shape index (κ3) is 3.29. The van der Waals surface area contributed by atoms with Crippen LogP contribution >= 0.6 is 27.5 Å². The maximum Gasteiger partial charge on any atom is 0.234 e. The lowest BCUT2D eigenvalue weighted by molar-refractivity contribution is -0.122. The van der Waals surface area contributed by atoms with Crippen LogP contribution < -0.4 is 10.1 Å². The topological polar surface area (TPSA) is 38.3 Å². The zero-order chi connectivity index (χ0) is 14.9. The van der Waals surface area contributed by atoms with Crippen molar-refractivity contribution in [1.29, 1.82) is 0 Å². The average molecular weight is 361 g/mol. The highest BCUT2D eigenvalue weighted by Gasteiger charge is 2.32. The predicted molar refractivity (Wildman–Crippen MR) is 84.6 cm³/mol. The Morgan fingerprint density at radius 2 is 2.20 bits per heavy atom. The molecule has 0 bridgehead atoms. The fourth-order valence-electron chi connectivity index (χ4n) is 2.17. The van der Waals surface area contributed by atoms with E-state index in [2.05, 4.69) is 21.2 Å². The Morgan fingerprint density at radius 3 is 2.85 bits per heavy atom. The van der Waals surface area contributed by atoms with Gasteiger partial charge in [0.2, 0.25) is 5.91 Å². The minimum atomic E-state index is -0.236. The standard InChI is InChI=1S/C15H19BrClNO2/c1-15(2,3)13(16)14(19)18-11-7-8-20-12-9(11)5-4-6-10(12)17/h4-6,11,13H,7-8H2,1-3H3,(H,18,19)/t11-,13-/m0/s1. The van der Waals surface area contributed by atoms with Crippen molar-refractivity contribution in [3.05, 3.63) is 28.8 Å². The highest BCUT2D eigenvalue weighted by molar-refractivity contribution is 9.10. The number of para-hydroxylation sites is 1. The molecule has 0 radical (unpaired) electrons. The summed E-state index contributed by atoms with van der Waals surface area (Å²) >= 11 is 9.61. The molecule has 0 unspecified atom stereocenters. The number of rotatable bonds is 2. The van der Waals surface area contributed by atoms with Crippen molar-refractivity contribution in [3.8, 4) is 5.75 Å². The number of amides is 1. The van der Waals surface area contributed by atoms with Crippen LogP contribution in [0.1, 0.15) is 38.8 Å². The number of fused-ring (bicyclic) bond motifs is 1. The van der Waals surface area contributed by atoms with Crippen molar-refractivity contribution in [2.75, 3.05) is 6.61 Å². The van der Waals surface area contributed by atoms with E-state index in [4.69, 9.17) is 16.3 Å². The van der Waals surface area contributed by atoms with Gasteiger partial charge in [-0.2, -0.15) is 0 Å². The molecule has 1 aromatic rings. The summed E-state index contributed by atoms with van der Waals surface area (Å²) in [5.74, 6) is 0.683. The van der Waals surface area contributed by atoms with E-state index >= 15 is 0 Å². The van der Waals surface area contributed by atoms with Gasteiger partial charge in [-0.3, -0.25) is 4.79 Å². The smallest absolute Gasteiger partial charge is 0.234 e. The zero-order valence-corrected chi connectivity index (χ0v) is 14.2. The summed E-state index contributed by atoms with van der Waals surface area (Å²) in [6.07, 6.45) is 0.753. The zero-order valence-electron chi connectivity index (χ0n) is 11.9. The highest BCUT2D eigenvalue weighted by atomic mass is 79.9. The first-order chi connectivity index (χ1) is 9.30. The summed E-state index contributed by atoms with van der Waals surface area (Å²) in [6, 6.07) is 5.58. The van der Waals surface area contributed by atoms with Crippen molar-refractivity contribution in [1.82, 2.24) is 5.32 Å². The number of alkyl halides is 1. The normalized spacial score (nSPS) is 19.8. The molecule has 0 fully saturated rings. The molecule has 1 N–H and O–H groups in total. The second-order valence-corrected chi connectivity index (χ2v) is 7.41. The maximum atomic E-state index is 12.3. The van der Waals surface area contributed by atoms with E-state index in [0.717, 1.165) is 12.0 Å². The SMILES string of the molecule is CC(C)(C)[C@@H](Br)C(=O)N[C@H]1CCOc2c(Cl)cccc21. The lowest BCUT2D eigenvalue weighted by Crippen LogP contribution is -2.41. The first kappa shape index (κ1) is 15.6. The molecule has 1 heterocycles. The van der Waals surface area contributed by atoms with Crippen LogP contribution in [0.25, 0.3) is 0 Å². The van der Waals surface area contributed by atoms with E-state index in [-0.39, 0.29) is 22.2 Å². The van der Waals surface area contributed by atoms with Crippen LogP contribution in [-0.4, -0.2) is 17.3 Å². The van der Waals surface area contributed by atoms with Gasteiger partial charge in [0.05, 0.1) is 22.5 Å². The van der Waals surface area contributed by atoms with Crippen molar-refractivity contribution in [2.45, 2.75) is 38.1 Å². The number of benzene rings is 1. The molecule has 110 valence electrons. The Morgan fingerprint density at radius 1 is 1.50 bits per heavy atom. The summed E-state index contributed by atoms with van der Waals surface area (Å²) in [6.45, 7) is 6.65. The van der Waals surface area contributed by atoms with Crippen LogP contribution in [0, 0.1) is 5.41 Å². The monoisotopic (exact) mass is 359 g/mol. The van der Waals surface area contributed by atoms with Gasteiger partial charge in [-0.25, -0.2) is 0 Å². The molecule has 3 nitrogen and oxygen atoms in total. The highest BCUT2D eigenvalue weighted by Crippen LogP contribution is 2.38. The third-order valence-electron chi connectivity index (χ3n) is 3.33. The molecule has 2 rings (SSSR count). The second kappa shape index (κ2) is 5.94. The van der Waals surface area contributed by atoms with Crippen LogP contribution in [0.3, 0.4) is 0 Å². The second-order valence-electron chi connectivity index (χ2n) is 6.09. The Balaban J connectivity index is 2.17. The molecule has 0 aromatic heterocycles. The van der Waals surface area contributed by atoms with Gasteiger partial charge in [-0.1, -0.05) is 60.4 Å². The predicted octanol–water partition coefficient (Wildman–Crippen LogP) is 4.09. The van der Waals surface area contributed by atoms with E-state index in [0.29, 0.717) is 17.4 Å². The summed E-state index contributed by atoms with van der Waals surface area (Å²) in [4.78, 5) is 12.1. The number of ether oxygens (including phenoxy) is 1. The molecular weight excluding hydrogens is 342 g/mol. The van der Waals surface area contributed by atoms with Crippen molar-refractivity contribution in [2.24, 2.45) is 5.41 Å². The molecule has 0 aliphatic carbocycles. The number of nitrogens with one attached hydrogen (secondary N) is 1. The lowest BCUT2D eigenvalue weighted by Gasteiger charge is -2.30. The number of carbonyl (C=O) groups excluding carboxylic acids is 1. The number of halogens is 2. The quantitative estimate of drug-likeness (QED) is 0.807. The van der Waals surface area contributed by atoms with Crippen molar-refractivity contribution < 1.29 is 9.53 Å². The largest absolute Gasteiger partial charge is 0.492 e. The minimum Gasteiger partial charge on any atom is -0.492 e. The van der Waals surface area contributed by atoms with Gasteiger partial charge < -0.3 is 10.1 Å². The van der Waals surface area contributed by atoms with Gasteiger partial charge in [0.25, 0.3) is 0 Å². The Bertz CT molecular complexity index is 513. The van der Waals surface area contributed by atoms with Gasteiger partial charge in [-0.05, 0) is 11.5 Å². The Kier molecular flexibility index (Phi) is 4.65. The molecule has 20 heavy (non-hydrogen) atoms. The molecule has 1 amide bonds. The lowest BCUT2D eigenvalue weighted by atomic mass is 9.91. The van der Waals surface area contributed by atoms with Gasteiger partial charge in [0.15, 0.2) is 0 Å². The van der Waals surface area contributed by atoms with Gasteiger partial charge in [0.1, 0.15) is 5.75 Å². The summed E-state index contributed by atoms with van der Waals surface area (Å²) in [5.41, 5.74) is 0.817. The van der Waals surface area contributed by atoms with Crippen LogP contribution in [0.15, 0.2) is 18.2 Å². The Labute approximate surface area is 133 Å². The molecule has 1 aromatic carbocycles. The fraction of sp³-hybridized carbons (Fsp3) is 0.533. The summed E-state index contributed by atoms with van der Waals surface area (Å²) in [5, 5.41) is 3.67. The summed E-state index contributed by atoms with van der Waals surface area (Å²) in [7, 11) is 0. The van der Waals surface area contributed by atoms with Crippen molar-refractivity contribution >= 4 is 33.4 Å². The first-order valence-corrected chi connectivity index (χ1v) is 7.95. The number of hydrogen-bond donors (Lipinski definition) is 1. The van der Waals surface area contributed by atoms with Crippen molar-refractivity contribution in [3.63, 3.8) is 0 Å². The Hall–Kier alpha value is -0.740. The minimum absolute atomic E-state index is 0.00433.